The molecule has 0 bridgehead atoms. The molecule has 1 aliphatic rings. The zero-order valence-corrected chi connectivity index (χ0v) is 15.6. The third-order valence-corrected chi connectivity index (χ3v) is 4.79. The molecule has 1 fully saturated rings. The predicted octanol–water partition coefficient (Wildman–Crippen LogP) is 2.04. The van der Waals surface area contributed by atoms with Crippen molar-refractivity contribution in [1.82, 2.24) is 10.2 Å². The molecule has 1 unspecified atom stereocenters. The van der Waals surface area contributed by atoms with Gasteiger partial charge in [-0.15, -0.1) is 0 Å². The van der Waals surface area contributed by atoms with Crippen LogP contribution < -0.4 is 11.1 Å². The summed E-state index contributed by atoms with van der Waals surface area (Å²) < 4.78 is 0. The number of nitrogens with one attached hydrogen (secondary N) is 1. The van der Waals surface area contributed by atoms with Crippen molar-refractivity contribution < 1.29 is 14.4 Å². The van der Waals surface area contributed by atoms with Gasteiger partial charge in [-0.25, -0.2) is 0 Å². The van der Waals surface area contributed by atoms with Crippen molar-refractivity contribution in [1.29, 1.82) is 0 Å². The molecule has 0 aliphatic carbocycles. The Morgan fingerprint density at radius 1 is 1.15 bits per heavy atom. The summed E-state index contributed by atoms with van der Waals surface area (Å²) in [4.78, 5) is 38.2. The lowest BCUT2D eigenvalue weighted by molar-refractivity contribution is -0.143. The number of rotatable bonds is 10. The minimum atomic E-state index is -0.685. The Labute approximate surface area is 159 Å². The SMILES string of the molecule is NCCCCCCNC(=O)C(=O)C1CCC(=O)N1Cc1ccc(Cl)cc1. The van der Waals surface area contributed by atoms with Crippen LogP contribution in [0.3, 0.4) is 0 Å². The van der Waals surface area contributed by atoms with Gasteiger partial charge in [0.05, 0.1) is 0 Å². The molecule has 0 aromatic heterocycles. The van der Waals surface area contributed by atoms with E-state index < -0.39 is 17.7 Å². The Morgan fingerprint density at radius 3 is 2.54 bits per heavy atom. The summed E-state index contributed by atoms with van der Waals surface area (Å²) in [5.74, 6) is -1.25. The number of halogens is 1. The predicted molar refractivity (Wildman–Crippen MR) is 101 cm³/mol. The van der Waals surface area contributed by atoms with Crippen LogP contribution in [0, 0.1) is 0 Å². The lowest BCUT2D eigenvalue weighted by Gasteiger charge is -2.23. The van der Waals surface area contributed by atoms with Crippen LogP contribution in [0.2, 0.25) is 5.02 Å². The van der Waals surface area contributed by atoms with Gasteiger partial charge in [0.1, 0.15) is 6.04 Å². The van der Waals surface area contributed by atoms with Gasteiger partial charge in [0.25, 0.3) is 5.91 Å². The maximum atomic E-state index is 12.5. The summed E-state index contributed by atoms with van der Waals surface area (Å²) >= 11 is 5.87. The first kappa shape index (κ1) is 20.4. The third-order valence-electron chi connectivity index (χ3n) is 4.54. The van der Waals surface area contributed by atoms with E-state index in [0.29, 0.717) is 31.1 Å². The number of amides is 2. The molecule has 0 saturated carbocycles. The maximum Gasteiger partial charge on any atom is 0.289 e. The van der Waals surface area contributed by atoms with E-state index in [1.54, 1.807) is 12.1 Å². The van der Waals surface area contributed by atoms with Crippen LogP contribution >= 0.6 is 11.6 Å². The summed E-state index contributed by atoms with van der Waals surface area (Å²) in [6, 6.07) is 6.43. The van der Waals surface area contributed by atoms with E-state index in [1.165, 1.54) is 4.90 Å². The maximum absolute atomic E-state index is 12.5. The van der Waals surface area contributed by atoms with Gasteiger partial charge < -0.3 is 16.0 Å². The van der Waals surface area contributed by atoms with E-state index in [2.05, 4.69) is 5.32 Å². The fraction of sp³-hybridized carbons (Fsp3) is 0.526. The molecular weight excluding hydrogens is 354 g/mol. The first-order valence-electron chi connectivity index (χ1n) is 9.09. The fourth-order valence-corrected chi connectivity index (χ4v) is 3.18. The lowest BCUT2D eigenvalue weighted by Crippen LogP contribution is -2.45. The average molecular weight is 380 g/mol. The van der Waals surface area contributed by atoms with Crippen LogP contribution in [0.4, 0.5) is 0 Å². The molecule has 142 valence electrons. The van der Waals surface area contributed by atoms with Crippen molar-refractivity contribution in [3.8, 4) is 0 Å². The normalized spacial score (nSPS) is 16.8. The average Bonchev–Trinajstić information content (AvgIpc) is 2.99. The zero-order chi connectivity index (χ0) is 18.9. The number of nitrogens with zero attached hydrogens (tertiary/aromatic N) is 1. The standard InChI is InChI=1S/C19H26ClN3O3/c20-15-7-5-14(6-8-15)13-23-16(9-10-17(23)24)18(25)19(26)22-12-4-2-1-3-11-21/h5-8,16H,1-4,9-13,21H2,(H,22,26). The van der Waals surface area contributed by atoms with Crippen LogP contribution in [0.25, 0.3) is 0 Å². The molecule has 1 saturated heterocycles. The summed E-state index contributed by atoms with van der Waals surface area (Å²) in [6.45, 7) is 1.44. The number of unbranched alkanes of at least 4 members (excludes halogenated alkanes) is 3. The minimum absolute atomic E-state index is 0.104. The van der Waals surface area contributed by atoms with Gasteiger partial charge >= 0.3 is 0 Å². The van der Waals surface area contributed by atoms with E-state index in [9.17, 15) is 14.4 Å². The Bertz CT molecular complexity index is 633. The van der Waals surface area contributed by atoms with Crippen molar-refractivity contribution in [2.45, 2.75) is 51.1 Å². The first-order chi connectivity index (χ1) is 12.5. The molecule has 7 heteroatoms. The number of carbonyl (C=O) groups is 3. The molecule has 1 heterocycles. The number of carbonyl (C=O) groups excluding carboxylic acids is 3. The summed E-state index contributed by atoms with van der Waals surface area (Å²) in [5, 5.41) is 3.28. The van der Waals surface area contributed by atoms with Crippen molar-refractivity contribution >= 4 is 29.2 Å². The molecule has 0 spiro atoms. The molecular formula is C19H26ClN3O3. The summed E-state index contributed by atoms with van der Waals surface area (Å²) in [5.41, 5.74) is 6.31. The Kier molecular flexibility index (Phi) is 8.06. The van der Waals surface area contributed by atoms with Crippen LogP contribution in [0.5, 0.6) is 0 Å². The van der Waals surface area contributed by atoms with Crippen LogP contribution in [-0.4, -0.2) is 41.6 Å². The second-order valence-electron chi connectivity index (χ2n) is 6.53. The molecule has 1 aromatic rings. The highest BCUT2D eigenvalue weighted by Gasteiger charge is 2.38. The van der Waals surface area contributed by atoms with E-state index in [0.717, 1.165) is 31.2 Å². The molecule has 26 heavy (non-hydrogen) atoms. The van der Waals surface area contributed by atoms with E-state index in [1.807, 2.05) is 12.1 Å². The molecule has 3 N–H and O–H groups in total. The molecule has 0 radical (unpaired) electrons. The molecule has 1 aliphatic heterocycles. The van der Waals surface area contributed by atoms with E-state index in [4.69, 9.17) is 17.3 Å². The summed E-state index contributed by atoms with van der Waals surface area (Å²) in [7, 11) is 0. The van der Waals surface area contributed by atoms with Gasteiger partial charge in [-0.2, -0.15) is 0 Å². The topological polar surface area (TPSA) is 92.5 Å². The zero-order valence-electron chi connectivity index (χ0n) is 14.9. The number of likely N-dealkylation sites (tertiary alicyclic amines) is 1. The Morgan fingerprint density at radius 2 is 1.85 bits per heavy atom. The van der Waals surface area contributed by atoms with Gasteiger partial charge in [0.15, 0.2) is 0 Å². The second-order valence-corrected chi connectivity index (χ2v) is 6.96. The molecule has 6 nitrogen and oxygen atoms in total. The van der Waals surface area contributed by atoms with E-state index in [-0.39, 0.29) is 12.3 Å². The number of hydrogen-bond acceptors (Lipinski definition) is 4. The van der Waals surface area contributed by atoms with Gasteiger partial charge in [-0.05, 0) is 43.5 Å². The molecule has 2 rings (SSSR count). The van der Waals surface area contributed by atoms with Crippen molar-refractivity contribution in [2.24, 2.45) is 5.73 Å². The summed E-state index contributed by atoms with van der Waals surface area (Å²) in [6.07, 6.45) is 4.45. The van der Waals surface area contributed by atoms with Crippen LogP contribution in [-0.2, 0) is 20.9 Å². The van der Waals surface area contributed by atoms with Crippen LogP contribution in [0.15, 0.2) is 24.3 Å². The monoisotopic (exact) mass is 379 g/mol. The van der Waals surface area contributed by atoms with Gasteiger partial charge in [0, 0.05) is 24.5 Å². The lowest BCUT2D eigenvalue weighted by atomic mass is 10.1. The third kappa shape index (κ3) is 5.81. The second kappa shape index (κ2) is 10.3. The smallest absolute Gasteiger partial charge is 0.289 e. The van der Waals surface area contributed by atoms with Crippen molar-refractivity contribution in [3.05, 3.63) is 34.9 Å². The van der Waals surface area contributed by atoms with Gasteiger partial charge in [-0.3, -0.25) is 14.4 Å². The number of ketones is 1. The number of hydrogen-bond donors (Lipinski definition) is 2. The molecule has 2 amide bonds. The number of Topliss-reactive ketones (excluding diaryl/α,β-unsaturated/α-hetero) is 1. The number of benzene rings is 1. The quantitative estimate of drug-likeness (QED) is 0.480. The van der Waals surface area contributed by atoms with Crippen LogP contribution in [0.1, 0.15) is 44.1 Å². The minimum Gasteiger partial charge on any atom is -0.349 e. The molecule has 1 atom stereocenters. The van der Waals surface area contributed by atoms with Crippen molar-refractivity contribution in [2.75, 3.05) is 13.1 Å². The highest BCUT2D eigenvalue weighted by Crippen LogP contribution is 2.23. The van der Waals surface area contributed by atoms with Crippen molar-refractivity contribution in [3.63, 3.8) is 0 Å². The first-order valence-corrected chi connectivity index (χ1v) is 9.46. The van der Waals surface area contributed by atoms with Gasteiger partial charge in [0.2, 0.25) is 11.7 Å². The largest absolute Gasteiger partial charge is 0.349 e. The Balaban J connectivity index is 1.86. The van der Waals surface area contributed by atoms with E-state index >= 15 is 0 Å². The fourth-order valence-electron chi connectivity index (χ4n) is 3.05. The Hall–Kier alpha value is -1.92. The molecule has 1 aromatic carbocycles. The number of nitrogens with two attached hydrogens (primary N) is 1. The highest BCUT2D eigenvalue weighted by molar-refractivity contribution is 6.38. The van der Waals surface area contributed by atoms with Gasteiger partial charge in [-0.1, -0.05) is 36.6 Å². The highest BCUT2D eigenvalue weighted by atomic mass is 35.5.